The summed E-state index contributed by atoms with van der Waals surface area (Å²) in [6.07, 6.45) is 0.451. The lowest BCUT2D eigenvalue weighted by Crippen LogP contribution is -1.98. The van der Waals surface area contributed by atoms with Crippen LogP contribution in [0, 0.1) is 0 Å². The minimum Gasteiger partial charge on any atom is -0.493 e. The Kier molecular flexibility index (Phi) is 4.37. The van der Waals surface area contributed by atoms with Gasteiger partial charge in [-0.15, -0.1) is 6.58 Å². The predicted molar refractivity (Wildman–Crippen MR) is 62.0 cm³/mol. The predicted octanol–water partition coefficient (Wildman–Crippen LogP) is 3.08. The van der Waals surface area contributed by atoms with Gasteiger partial charge in [-0.2, -0.15) is 0 Å². The van der Waals surface area contributed by atoms with Crippen molar-refractivity contribution in [3.8, 4) is 5.75 Å². The van der Waals surface area contributed by atoms with Crippen LogP contribution in [0.1, 0.15) is 31.9 Å². The summed E-state index contributed by atoms with van der Waals surface area (Å²) in [7, 11) is 0. The summed E-state index contributed by atoms with van der Waals surface area (Å²) in [6, 6.07) is 7.50. The van der Waals surface area contributed by atoms with Crippen molar-refractivity contribution < 1.29 is 9.84 Å². The minimum atomic E-state index is -0.422. The number of benzene rings is 1. The molecule has 1 aromatic carbocycles. The summed E-state index contributed by atoms with van der Waals surface area (Å²) in [5, 5.41) is 9.31. The van der Waals surface area contributed by atoms with E-state index in [9.17, 15) is 5.11 Å². The van der Waals surface area contributed by atoms with E-state index >= 15 is 0 Å². The second-order valence-electron chi connectivity index (χ2n) is 3.80. The van der Waals surface area contributed by atoms with Crippen molar-refractivity contribution >= 4 is 0 Å². The zero-order valence-electron chi connectivity index (χ0n) is 9.36. The second kappa shape index (κ2) is 5.56. The highest BCUT2D eigenvalue weighted by molar-refractivity contribution is 5.28. The molecule has 0 saturated carbocycles. The first-order chi connectivity index (χ1) is 7.09. The van der Waals surface area contributed by atoms with Crippen LogP contribution in [0.3, 0.4) is 0 Å². The first-order valence-corrected chi connectivity index (χ1v) is 5.15. The van der Waals surface area contributed by atoms with Crippen LogP contribution >= 0.6 is 0 Å². The standard InChI is InChI=1S/C13H18O2/c1-10(2)8-9-15-13-6-4-12(5-7-13)11(3)14/h4-7,11,14H,1,8-9H2,2-3H3/t11-/m0/s1. The van der Waals surface area contributed by atoms with E-state index in [-0.39, 0.29) is 0 Å². The fraction of sp³-hybridized carbons (Fsp3) is 0.385. The van der Waals surface area contributed by atoms with Crippen molar-refractivity contribution in [3.05, 3.63) is 42.0 Å². The Morgan fingerprint density at radius 1 is 1.40 bits per heavy atom. The molecule has 0 aliphatic heterocycles. The monoisotopic (exact) mass is 206 g/mol. The number of aliphatic hydroxyl groups excluding tert-OH is 1. The van der Waals surface area contributed by atoms with E-state index < -0.39 is 6.10 Å². The molecule has 1 atom stereocenters. The smallest absolute Gasteiger partial charge is 0.119 e. The Labute approximate surface area is 91.2 Å². The third-order valence-electron chi connectivity index (χ3n) is 2.16. The molecule has 1 aromatic rings. The Hall–Kier alpha value is -1.28. The largest absolute Gasteiger partial charge is 0.493 e. The number of hydrogen-bond acceptors (Lipinski definition) is 2. The minimum absolute atomic E-state index is 0.422. The third kappa shape index (κ3) is 4.17. The summed E-state index contributed by atoms with van der Waals surface area (Å²) >= 11 is 0. The van der Waals surface area contributed by atoms with Gasteiger partial charge in [0, 0.05) is 6.42 Å². The highest BCUT2D eigenvalue weighted by Crippen LogP contribution is 2.17. The maximum Gasteiger partial charge on any atom is 0.119 e. The SMILES string of the molecule is C=C(C)CCOc1ccc([C@H](C)O)cc1. The number of rotatable bonds is 5. The molecule has 15 heavy (non-hydrogen) atoms. The summed E-state index contributed by atoms with van der Waals surface area (Å²) in [5.41, 5.74) is 2.03. The molecule has 0 amide bonds. The summed E-state index contributed by atoms with van der Waals surface area (Å²) in [5.74, 6) is 0.834. The fourth-order valence-corrected chi connectivity index (χ4v) is 1.19. The molecule has 0 radical (unpaired) electrons. The van der Waals surface area contributed by atoms with E-state index in [0.717, 1.165) is 23.3 Å². The third-order valence-corrected chi connectivity index (χ3v) is 2.16. The van der Waals surface area contributed by atoms with Gasteiger partial charge in [0.25, 0.3) is 0 Å². The van der Waals surface area contributed by atoms with Crippen molar-refractivity contribution in [3.63, 3.8) is 0 Å². The lowest BCUT2D eigenvalue weighted by Gasteiger charge is -2.08. The molecule has 0 bridgehead atoms. The van der Waals surface area contributed by atoms with Gasteiger partial charge in [0.2, 0.25) is 0 Å². The topological polar surface area (TPSA) is 29.5 Å². The number of hydrogen-bond donors (Lipinski definition) is 1. The van der Waals surface area contributed by atoms with E-state index in [4.69, 9.17) is 4.74 Å². The Morgan fingerprint density at radius 2 is 2.00 bits per heavy atom. The van der Waals surface area contributed by atoms with E-state index in [2.05, 4.69) is 6.58 Å². The zero-order chi connectivity index (χ0) is 11.3. The number of ether oxygens (including phenoxy) is 1. The van der Waals surface area contributed by atoms with Crippen LogP contribution in [-0.4, -0.2) is 11.7 Å². The molecule has 0 aliphatic rings. The lowest BCUT2D eigenvalue weighted by atomic mass is 10.1. The van der Waals surface area contributed by atoms with Gasteiger partial charge in [-0.25, -0.2) is 0 Å². The van der Waals surface area contributed by atoms with Crippen molar-refractivity contribution in [2.24, 2.45) is 0 Å². The van der Waals surface area contributed by atoms with Gasteiger partial charge in [0.05, 0.1) is 12.7 Å². The fourth-order valence-electron chi connectivity index (χ4n) is 1.19. The Bertz CT molecular complexity index is 312. The van der Waals surface area contributed by atoms with Crippen molar-refractivity contribution in [1.29, 1.82) is 0 Å². The van der Waals surface area contributed by atoms with Crippen molar-refractivity contribution in [2.45, 2.75) is 26.4 Å². The van der Waals surface area contributed by atoms with Crippen LogP contribution in [0.2, 0.25) is 0 Å². The Balaban J connectivity index is 2.46. The summed E-state index contributed by atoms with van der Waals surface area (Å²) in [6.45, 7) is 8.20. The zero-order valence-corrected chi connectivity index (χ0v) is 9.36. The highest BCUT2D eigenvalue weighted by Gasteiger charge is 2.00. The molecule has 0 heterocycles. The molecule has 0 saturated heterocycles. The molecular weight excluding hydrogens is 188 g/mol. The van der Waals surface area contributed by atoms with Crippen LogP contribution in [0.5, 0.6) is 5.75 Å². The summed E-state index contributed by atoms with van der Waals surface area (Å²) < 4.78 is 5.51. The first-order valence-electron chi connectivity index (χ1n) is 5.15. The molecular formula is C13H18O2. The molecule has 1 N–H and O–H groups in total. The van der Waals surface area contributed by atoms with Crippen molar-refractivity contribution in [1.82, 2.24) is 0 Å². The first kappa shape index (κ1) is 11.8. The molecule has 0 aromatic heterocycles. The molecule has 0 spiro atoms. The van der Waals surface area contributed by atoms with Crippen molar-refractivity contribution in [2.75, 3.05) is 6.61 Å². The average Bonchev–Trinajstić information content (AvgIpc) is 2.18. The normalized spacial score (nSPS) is 12.2. The summed E-state index contributed by atoms with van der Waals surface area (Å²) in [4.78, 5) is 0. The van der Waals surface area contributed by atoms with Gasteiger partial charge in [-0.1, -0.05) is 17.7 Å². The van der Waals surface area contributed by atoms with Gasteiger partial charge >= 0.3 is 0 Å². The molecule has 0 unspecified atom stereocenters. The maximum atomic E-state index is 9.31. The lowest BCUT2D eigenvalue weighted by molar-refractivity contribution is 0.199. The van der Waals surface area contributed by atoms with E-state index in [1.165, 1.54) is 0 Å². The number of aliphatic hydroxyl groups is 1. The van der Waals surface area contributed by atoms with E-state index in [0.29, 0.717) is 6.61 Å². The average molecular weight is 206 g/mol. The molecule has 2 nitrogen and oxygen atoms in total. The van der Waals surface area contributed by atoms with E-state index in [1.807, 2.05) is 31.2 Å². The molecule has 0 aliphatic carbocycles. The van der Waals surface area contributed by atoms with Gasteiger partial charge < -0.3 is 9.84 Å². The molecule has 1 rings (SSSR count). The molecule has 2 heteroatoms. The van der Waals surface area contributed by atoms with Crippen LogP contribution < -0.4 is 4.74 Å². The van der Waals surface area contributed by atoms with Gasteiger partial charge in [-0.05, 0) is 31.5 Å². The maximum absolute atomic E-state index is 9.31. The van der Waals surface area contributed by atoms with Crippen LogP contribution in [-0.2, 0) is 0 Å². The van der Waals surface area contributed by atoms with Crippen LogP contribution in [0.25, 0.3) is 0 Å². The molecule has 82 valence electrons. The van der Waals surface area contributed by atoms with Gasteiger partial charge in [-0.3, -0.25) is 0 Å². The highest BCUT2D eigenvalue weighted by atomic mass is 16.5. The Morgan fingerprint density at radius 3 is 2.47 bits per heavy atom. The molecule has 0 fully saturated rings. The second-order valence-corrected chi connectivity index (χ2v) is 3.80. The van der Waals surface area contributed by atoms with Crippen LogP contribution in [0.4, 0.5) is 0 Å². The quantitative estimate of drug-likeness (QED) is 0.750. The van der Waals surface area contributed by atoms with E-state index in [1.54, 1.807) is 6.92 Å². The van der Waals surface area contributed by atoms with Gasteiger partial charge in [0.1, 0.15) is 5.75 Å². The van der Waals surface area contributed by atoms with Gasteiger partial charge in [0.15, 0.2) is 0 Å². The van der Waals surface area contributed by atoms with Crippen LogP contribution in [0.15, 0.2) is 36.4 Å².